The van der Waals surface area contributed by atoms with E-state index < -0.39 is 6.10 Å². The van der Waals surface area contributed by atoms with E-state index in [0.717, 1.165) is 154 Å². The highest BCUT2D eigenvalue weighted by atomic mass is 16.6. The second-order valence-corrected chi connectivity index (χ2v) is 16.7. The van der Waals surface area contributed by atoms with Crippen molar-refractivity contribution in [2.24, 2.45) is 0 Å². The van der Waals surface area contributed by atoms with E-state index in [0.29, 0.717) is 19.3 Å². The van der Waals surface area contributed by atoms with Crippen molar-refractivity contribution in [2.45, 2.75) is 207 Å². The molecule has 6 nitrogen and oxygen atoms in total. The summed E-state index contributed by atoms with van der Waals surface area (Å²) in [5.74, 6) is -1.00. The molecule has 374 valence electrons. The van der Waals surface area contributed by atoms with Crippen LogP contribution in [0.4, 0.5) is 0 Å². The Balaban J connectivity index is 4.32. The van der Waals surface area contributed by atoms with Gasteiger partial charge in [-0.15, -0.1) is 0 Å². The maximum atomic E-state index is 12.7. The van der Waals surface area contributed by atoms with Crippen molar-refractivity contribution in [3.8, 4) is 0 Å². The summed E-state index contributed by atoms with van der Waals surface area (Å²) in [6.07, 6.45) is 77.3. The van der Waals surface area contributed by atoms with Gasteiger partial charge < -0.3 is 14.2 Å². The summed E-state index contributed by atoms with van der Waals surface area (Å²) < 4.78 is 16.6. The molecule has 67 heavy (non-hydrogen) atoms. The minimum absolute atomic E-state index is 0.109. The van der Waals surface area contributed by atoms with Crippen LogP contribution in [0.15, 0.2) is 146 Å². The van der Waals surface area contributed by atoms with Crippen molar-refractivity contribution in [1.29, 1.82) is 0 Å². The van der Waals surface area contributed by atoms with Crippen molar-refractivity contribution in [3.05, 3.63) is 146 Å². The second kappa shape index (κ2) is 53.9. The van der Waals surface area contributed by atoms with Gasteiger partial charge in [-0.25, -0.2) is 0 Å². The predicted octanol–water partition coefficient (Wildman–Crippen LogP) is 17.6. The first-order valence-corrected chi connectivity index (χ1v) is 26.3. The highest BCUT2D eigenvalue weighted by Gasteiger charge is 2.19. The van der Waals surface area contributed by atoms with E-state index in [1.165, 1.54) is 0 Å². The largest absolute Gasteiger partial charge is 0.462 e. The molecule has 0 aromatic heterocycles. The van der Waals surface area contributed by atoms with Gasteiger partial charge in [-0.1, -0.05) is 205 Å². The standard InChI is InChI=1S/C61H94O6/c1-4-7-10-13-15-17-19-21-23-25-27-28-29-30-31-32-34-35-37-39-41-43-45-48-51-54-60(63)66-57-58(56-65-59(62)53-50-47-12-9-6-3)67-61(64)55-52-49-46-44-42-40-38-36-33-26-24-22-20-18-16-14-11-8-5-2/h7-8,10-11,15-18,21-24,27-28,30-31,33-36,39-42,58H,4-6,9,12-14,19-20,25-26,29,32,37-38,43-57H2,1-3H3/b10-7-,11-8-,17-15-,18-16-,23-21-,24-22-,28-27-,31-30-,35-34-,36-33-,41-39-,42-40-. The molecule has 0 saturated carbocycles. The molecule has 0 spiro atoms. The number of ether oxygens (including phenoxy) is 3. The lowest BCUT2D eigenvalue weighted by Gasteiger charge is -2.18. The molecule has 1 unspecified atom stereocenters. The molecule has 0 aliphatic heterocycles. The summed E-state index contributed by atoms with van der Waals surface area (Å²) in [7, 11) is 0. The van der Waals surface area contributed by atoms with Gasteiger partial charge in [-0.05, 0) is 122 Å². The lowest BCUT2D eigenvalue weighted by Crippen LogP contribution is -2.30. The zero-order chi connectivity index (χ0) is 48.6. The third kappa shape index (κ3) is 52.1. The molecule has 0 bridgehead atoms. The average molecular weight is 923 g/mol. The molecular weight excluding hydrogens is 829 g/mol. The van der Waals surface area contributed by atoms with Crippen molar-refractivity contribution in [1.82, 2.24) is 0 Å². The number of allylic oxidation sites excluding steroid dienone is 24. The summed E-state index contributed by atoms with van der Waals surface area (Å²) in [6, 6.07) is 0. The van der Waals surface area contributed by atoms with Gasteiger partial charge in [-0.3, -0.25) is 14.4 Å². The lowest BCUT2D eigenvalue weighted by molar-refractivity contribution is -0.167. The van der Waals surface area contributed by atoms with E-state index in [2.05, 4.69) is 167 Å². The summed E-state index contributed by atoms with van der Waals surface area (Å²) in [5.41, 5.74) is 0. The zero-order valence-corrected chi connectivity index (χ0v) is 42.6. The van der Waals surface area contributed by atoms with Gasteiger partial charge in [0, 0.05) is 19.3 Å². The Morgan fingerprint density at radius 2 is 0.582 bits per heavy atom. The van der Waals surface area contributed by atoms with Crippen molar-refractivity contribution < 1.29 is 28.6 Å². The molecule has 1 atom stereocenters. The molecule has 0 aliphatic rings. The normalized spacial score (nSPS) is 13.3. The SMILES string of the molecule is CC/C=C\C/C=C\C/C=C\C/C=C\C/C=C\C/C=C\C/C=C\CCCCCC(=O)OCC(COC(=O)CCCCCCC)OC(=O)CCCCC/C=C\C/C=C\C/C=C\C/C=C\C/C=C\CC. The number of carbonyl (C=O) groups is 3. The van der Waals surface area contributed by atoms with Crippen LogP contribution in [-0.4, -0.2) is 37.2 Å². The van der Waals surface area contributed by atoms with E-state index in [-0.39, 0.29) is 37.5 Å². The minimum atomic E-state index is -0.812. The number of hydrogen-bond acceptors (Lipinski definition) is 6. The summed E-state index contributed by atoms with van der Waals surface area (Å²) in [4.78, 5) is 37.7. The molecule has 0 aliphatic carbocycles. The Morgan fingerprint density at radius 1 is 0.313 bits per heavy atom. The van der Waals surface area contributed by atoms with Crippen LogP contribution in [0.1, 0.15) is 201 Å². The van der Waals surface area contributed by atoms with Gasteiger partial charge in [0.25, 0.3) is 0 Å². The molecule has 0 fully saturated rings. The number of carbonyl (C=O) groups excluding carboxylic acids is 3. The fourth-order valence-electron chi connectivity index (χ4n) is 6.45. The molecular formula is C61H94O6. The number of rotatable bonds is 45. The first kappa shape index (κ1) is 62.3. The Bertz CT molecular complexity index is 1530. The highest BCUT2D eigenvalue weighted by molar-refractivity contribution is 5.71. The van der Waals surface area contributed by atoms with E-state index in [1.54, 1.807) is 0 Å². The van der Waals surface area contributed by atoms with Gasteiger partial charge in [-0.2, -0.15) is 0 Å². The maximum absolute atomic E-state index is 12.7. The van der Waals surface area contributed by atoms with Crippen LogP contribution in [0.5, 0.6) is 0 Å². The van der Waals surface area contributed by atoms with Gasteiger partial charge in [0.15, 0.2) is 6.10 Å². The Hall–Kier alpha value is -4.71. The van der Waals surface area contributed by atoms with Crippen LogP contribution in [0.25, 0.3) is 0 Å². The summed E-state index contributed by atoms with van der Waals surface area (Å²) in [5, 5.41) is 0. The maximum Gasteiger partial charge on any atom is 0.306 e. The smallest absolute Gasteiger partial charge is 0.306 e. The molecule has 6 heteroatoms. The van der Waals surface area contributed by atoms with E-state index in [4.69, 9.17) is 14.2 Å². The van der Waals surface area contributed by atoms with Crippen LogP contribution < -0.4 is 0 Å². The van der Waals surface area contributed by atoms with Gasteiger partial charge in [0.05, 0.1) is 0 Å². The number of unbranched alkanes of at least 4 members (excludes halogenated alkanes) is 10. The molecule has 0 saturated heterocycles. The van der Waals surface area contributed by atoms with Crippen molar-refractivity contribution in [3.63, 3.8) is 0 Å². The minimum Gasteiger partial charge on any atom is -0.462 e. The van der Waals surface area contributed by atoms with Crippen LogP contribution in [-0.2, 0) is 28.6 Å². The second-order valence-electron chi connectivity index (χ2n) is 16.7. The van der Waals surface area contributed by atoms with E-state index in [9.17, 15) is 14.4 Å². The zero-order valence-electron chi connectivity index (χ0n) is 42.6. The third-order valence-electron chi connectivity index (χ3n) is 10.3. The van der Waals surface area contributed by atoms with Gasteiger partial charge in [0.2, 0.25) is 0 Å². The summed E-state index contributed by atoms with van der Waals surface area (Å²) >= 11 is 0. The molecule has 0 amide bonds. The fourth-order valence-corrected chi connectivity index (χ4v) is 6.45. The Morgan fingerprint density at radius 3 is 0.896 bits per heavy atom. The van der Waals surface area contributed by atoms with Gasteiger partial charge in [0.1, 0.15) is 13.2 Å². The van der Waals surface area contributed by atoms with E-state index >= 15 is 0 Å². The number of hydrogen-bond donors (Lipinski definition) is 0. The molecule has 0 N–H and O–H groups in total. The van der Waals surface area contributed by atoms with Crippen LogP contribution in [0, 0.1) is 0 Å². The predicted molar refractivity (Wildman–Crippen MR) is 288 cm³/mol. The van der Waals surface area contributed by atoms with Gasteiger partial charge >= 0.3 is 17.9 Å². The molecule has 0 rings (SSSR count). The lowest BCUT2D eigenvalue weighted by atomic mass is 10.1. The van der Waals surface area contributed by atoms with Crippen LogP contribution in [0.3, 0.4) is 0 Å². The molecule has 0 radical (unpaired) electrons. The Kier molecular flexibility index (Phi) is 50.1. The first-order chi connectivity index (χ1) is 33.0. The highest BCUT2D eigenvalue weighted by Crippen LogP contribution is 2.11. The number of esters is 3. The molecule has 0 aromatic rings. The van der Waals surface area contributed by atoms with Crippen LogP contribution in [0.2, 0.25) is 0 Å². The molecule has 0 heterocycles. The molecule has 0 aromatic carbocycles. The third-order valence-corrected chi connectivity index (χ3v) is 10.3. The quantitative estimate of drug-likeness (QED) is 0.0262. The fraction of sp³-hybridized carbons (Fsp3) is 0.557. The van der Waals surface area contributed by atoms with Crippen molar-refractivity contribution in [2.75, 3.05) is 13.2 Å². The van der Waals surface area contributed by atoms with Crippen molar-refractivity contribution >= 4 is 17.9 Å². The van der Waals surface area contributed by atoms with Crippen LogP contribution >= 0.6 is 0 Å². The van der Waals surface area contributed by atoms with E-state index in [1.807, 2.05) is 0 Å². The Labute approximate surface area is 410 Å². The summed E-state index contributed by atoms with van der Waals surface area (Å²) in [6.45, 7) is 6.24. The topological polar surface area (TPSA) is 78.9 Å². The monoisotopic (exact) mass is 923 g/mol. The average Bonchev–Trinajstić information content (AvgIpc) is 3.33. The first-order valence-electron chi connectivity index (χ1n) is 26.3.